The molecule has 1 spiro atoms. The average molecular weight is 423 g/mol. The van der Waals surface area contributed by atoms with E-state index in [1.165, 1.54) is 0 Å². The molecule has 1 saturated heterocycles. The van der Waals surface area contributed by atoms with Crippen LogP contribution in [0.15, 0.2) is 47.1 Å². The first-order valence-electron chi connectivity index (χ1n) is 7.37. The Hall–Kier alpha value is -1.83. The molecule has 3 heterocycles. The first kappa shape index (κ1) is 14.7. The number of hydrogen-bond acceptors (Lipinski definition) is 4. The molecule has 0 N–H and O–H groups in total. The van der Waals surface area contributed by atoms with Crippen LogP contribution in [0.2, 0.25) is 0 Å². The summed E-state index contributed by atoms with van der Waals surface area (Å²) in [6, 6.07) is 10.9. The lowest BCUT2D eigenvalue weighted by Gasteiger charge is -2.31. The van der Waals surface area contributed by atoms with Gasteiger partial charge in [-0.3, -0.25) is 4.79 Å². The molecule has 6 heteroatoms. The maximum absolute atomic E-state index is 12.9. The lowest BCUT2D eigenvalue weighted by molar-refractivity contribution is -0.149. The second kappa shape index (κ2) is 5.36. The van der Waals surface area contributed by atoms with Gasteiger partial charge >= 0.3 is 5.97 Å². The van der Waals surface area contributed by atoms with Gasteiger partial charge in [0.1, 0.15) is 11.9 Å². The Morgan fingerprint density at radius 1 is 1.22 bits per heavy atom. The molecule has 4 rings (SSSR count). The number of benzene rings is 1. The Morgan fingerprint density at radius 3 is 2.74 bits per heavy atom. The third-order valence-electron chi connectivity index (χ3n) is 4.51. The van der Waals surface area contributed by atoms with Crippen LogP contribution in [0.5, 0.6) is 0 Å². The summed E-state index contributed by atoms with van der Waals surface area (Å²) in [5.41, 5.74) is 0.287. The highest BCUT2D eigenvalue weighted by Gasteiger charge is 2.61. The highest BCUT2D eigenvalue weighted by atomic mass is 127. The predicted octanol–water partition coefficient (Wildman–Crippen LogP) is 2.88. The molecule has 118 valence electrons. The first-order chi connectivity index (χ1) is 11.2. The second-order valence-electron chi connectivity index (χ2n) is 5.76. The van der Waals surface area contributed by atoms with Gasteiger partial charge in [0, 0.05) is 22.0 Å². The number of esters is 1. The summed E-state index contributed by atoms with van der Waals surface area (Å²) < 4.78 is 11.6. The van der Waals surface area contributed by atoms with Crippen molar-refractivity contribution in [3.63, 3.8) is 0 Å². The second-order valence-corrected chi connectivity index (χ2v) is 6.64. The fraction of sp³-hybridized carbons (Fsp3) is 0.294. The molecular formula is C17H14INO4. The molecule has 5 nitrogen and oxygen atoms in total. The van der Waals surface area contributed by atoms with Crippen LogP contribution in [0.3, 0.4) is 0 Å². The van der Waals surface area contributed by atoms with Crippen LogP contribution >= 0.6 is 22.6 Å². The van der Waals surface area contributed by atoms with E-state index in [9.17, 15) is 9.59 Å². The highest BCUT2D eigenvalue weighted by Crippen LogP contribution is 2.48. The van der Waals surface area contributed by atoms with Crippen LogP contribution in [0, 0.1) is 0 Å². The van der Waals surface area contributed by atoms with Crippen LogP contribution in [0.4, 0.5) is 0 Å². The molecular weight excluding hydrogens is 409 g/mol. The Balaban J connectivity index is 1.84. The number of carbonyl (C=O) groups excluding carboxylic acids is 2. The summed E-state index contributed by atoms with van der Waals surface area (Å²) in [6.45, 7) is 0.254. The SMILES string of the molecule is O=C1c2ccccc2C2(CC(CI)OC2=O)N1Cc1ccco1. The topological polar surface area (TPSA) is 59.8 Å². The van der Waals surface area contributed by atoms with Gasteiger partial charge in [-0.1, -0.05) is 40.8 Å². The average Bonchev–Trinajstić information content (AvgIpc) is 3.24. The predicted molar refractivity (Wildman–Crippen MR) is 90.1 cm³/mol. The molecule has 2 aliphatic heterocycles. The van der Waals surface area contributed by atoms with E-state index in [1.807, 2.05) is 18.2 Å². The summed E-state index contributed by atoms with van der Waals surface area (Å²) >= 11 is 2.20. The Morgan fingerprint density at radius 2 is 2.04 bits per heavy atom. The summed E-state index contributed by atoms with van der Waals surface area (Å²) in [7, 11) is 0. The molecule has 0 aliphatic carbocycles. The summed E-state index contributed by atoms with van der Waals surface area (Å²) in [5, 5.41) is 0. The van der Waals surface area contributed by atoms with Crippen molar-refractivity contribution >= 4 is 34.5 Å². The zero-order valence-electron chi connectivity index (χ0n) is 12.2. The van der Waals surface area contributed by atoms with E-state index in [4.69, 9.17) is 9.15 Å². The molecule has 23 heavy (non-hydrogen) atoms. The van der Waals surface area contributed by atoms with E-state index in [0.29, 0.717) is 22.2 Å². The monoisotopic (exact) mass is 423 g/mol. The molecule has 2 atom stereocenters. The third kappa shape index (κ3) is 2.04. The van der Waals surface area contributed by atoms with Gasteiger partial charge < -0.3 is 14.1 Å². The van der Waals surface area contributed by atoms with Crippen molar-refractivity contribution in [2.75, 3.05) is 4.43 Å². The van der Waals surface area contributed by atoms with Crippen LogP contribution in [0.1, 0.15) is 28.1 Å². The maximum atomic E-state index is 12.9. The lowest BCUT2D eigenvalue weighted by atomic mass is 9.86. The normalized spacial score (nSPS) is 26.0. The summed E-state index contributed by atoms with van der Waals surface area (Å²) in [6.07, 6.45) is 1.87. The number of furan rings is 1. The smallest absolute Gasteiger partial charge is 0.337 e. The number of carbonyl (C=O) groups is 2. The van der Waals surface area contributed by atoms with E-state index < -0.39 is 5.54 Å². The fourth-order valence-electron chi connectivity index (χ4n) is 3.49. The van der Waals surface area contributed by atoms with Crippen molar-refractivity contribution in [2.45, 2.75) is 24.6 Å². The number of rotatable bonds is 3. The highest BCUT2D eigenvalue weighted by molar-refractivity contribution is 14.1. The molecule has 2 unspecified atom stereocenters. The zero-order valence-corrected chi connectivity index (χ0v) is 14.4. The van der Waals surface area contributed by atoms with E-state index in [2.05, 4.69) is 22.6 Å². The van der Waals surface area contributed by atoms with Gasteiger partial charge in [0.25, 0.3) is 5.91 Å². The largest absolute Gasteiger partial charge is 0.467 e. The van der Waals surface area contributed by atoms with E-state index in [-0.39, 0.29) is 24.5 Å². The molecule has 1 fully saturated rings. The van der Waals surface area contributed by atoms with Crippen LogP contribution < -0.4 is 0 Å². The molecule has 2 aliphatic rings. The van der Waals surface area contributed by atoms with E-state index in [1.54, 1.807) is 29.4 Å². The van der Waals surface area contributed by atoms with Gasteiger partial charge in [-0.2, -0.15) is 0 Å². The molecule has 0 saturated carbocycles. The van der Waals surface area contributed by atoms with Crippen molar-refractivity contribution in [3.05, 3.63) is 59.5 Å². The van der Waals surface area contributed by atoms with Gasteiger partial charge in [-0.05, 0) is 18.2 Å². The number of hydrogen-bond donors (Lipinski definition) is 0. The fourth-order valence-corrected chi connectivity index (χ4v) is 3.98. The van der Waals surface area contributed by atoms with Crippen molar-refractivity contribution in [2.24, 2.45) is 0 Å². The molecule has 1 amide bonds. The van der Waals surface area contributed by atoms with Gasteiger partial charge in [0.05, 0.1) is 12.8 Å². The first-order valence-corrected chi connectivity index (χ1v) is 8.90. The summed E-state index contributed by atoms with van der Waals surface area (Å²) in [5.74, 6) is 0.156. The molecule has 2 aromatic rings. The number of halogens is 1. The Bertz CT molecular complexity index is 773. The number of ether oxygens (including phenoxy) is 1. The minimum Gasteiger partial charge on any atom is -0.467 e. The Labute approximate surface area is 146 Å². The van der Waals surface area contributed by atoms with Gasteiger partial charge in [-0.25, -0.2) is 4.79 Å². The number of fused-ring (bicyclic) bond motifs is 2. The summed E-state index contributed by atoms with van der Waals surface area (Å²) in [4.78, 5) is 27.3. The molecule has 1 aromatic heterocycles. The maximum Gasteiger partial charge on any atom is 0.337 e. The molecule has 0 radical (unpaired) electrons. The molecule has 0 bridgehead atoms. The van der Waals surface area contributed by atoms with E-state index >= 15 is 0 Å². The number of alkyl halides is 1. The van der Waals surface area contributed by atoms with Gasteiger partial charge in [0.2, 0.25) is 0 Å². The Kier molecular flexibility index (Phi) is 3.44. The van der Waals surface area contributed by atoms with Crippen molar-refractivity contribution in [1.82, 2.24) is 4.90 Å². The van der Waals surface area contributed by atoms with Crippen molar-refractivity contribution in [3.8, 4) is 0 Å². The molecule has 1 aromatic carbocycles. The van der Waals surface area contributed by atoms with E-state index in [0.717, 1.165) is 5.56 Å². The minimum absolute atomic E-state index is 0.150. The van der Waals surface area contributed by atoms with Gasteiger partial charge in [0.15, 0.2) is 5.54 Å². The zero-order chi connectivity index (χ0) is 16.0. The number of cyclic esters (lactones) is 1. The van der Waals surface area contributed by atoms with Crippen LogP contribution in [-0.2, 0) is 21.6 Å². The quantitative estimate of drug-likeness (QED) is 0.433. The number of amides is 1. The third-order valence-corrected chi connectivity index (χ3v) is 5.49. The number of nitrogens with zero attached hydrogens (tertiary/aromatic N) is 1. The van der Waals surface area contributed by atoms with Crippen LogP contribution in [0.25, 0.3) is 0 Å². The lowest BCUT2D eigenvalue weighted by Crippen LogP contribution is -2.46. The van der Waals surface area contributed by atoms with Crippen molar-refractivity contribution < 1.29 is 18.7 Å². The van der Waals surface area contributed by atoms with Crippen LogP contribution in [-0.4, -0.2) is 27.3 Å². The van der Waals surface area contributed by atoms with Crippen molar-refractivity contribution in [1.29, 1.82) is 0 Å². The minimum atomic E-state index is -1.03. The van der Waals surface area contributed by atoms with Gasteiger partial charge in [-0.15, -0.1) is 0 Å². The standard InChI is InChI=1S/C17H14INO4/c18-9-12-8-17(16(21)23-12)14-6-2-1-5-13(14)15(20)19(17)10-11-4-3-7-22-11/h1-7,12H,8-10H2.